The van der Waals surface area contributed by atoms with Crippen molar-refractivity contribution in [3.05, 3.63) is 11.1 Å². The number of carbonyl (C=O) groups excluding carboxylic acids is 2. The molecule has 0 amide bonds. The van der Waals surface area contributed by atoms with Crippen LogP contribution in [-0.2, 0) is 19.1 Å². The SMILES string of the molecule is CC(=O)O[C@@H]1CC[C@]2(C)C3=C(C[C@@H](OC(C)=O)C2C1)C1CCC2C(CN4C[C@H](C)CCC4[C@@H]2C)C1C3. The number of nitrogens with zero attached hydrogens (tertiary/aromatic N) is 1. The lowest BCUT2D eigenvalue weighted by atomic mass is 9.56. The lowest BCUT2D eigenvalue weighted by molar-refractivity contribution is -0.162. The van der Waals surface area contributed by atoms with Crippen molar-refractivity contribution in [2.75, 3.05) is 13.1 Å². The first-order valence-corrected chi connectivity index (χ1v) is 15.0. The third-order valence-electron chi connectivity index (χ3n) is 11.9. The molecule has 0 N–H and O–H groups in total. The van der Waals surface area contributed by atoms with Gasteiger partial charge in [0.2, 0.25) is 0 Å². The smallest absolute Gasteiger partial charge is 0.302 e. The van der Waals surface area contributed by atoms with E-state index in [1.54, 1.807) is 18.1 Å². The Morgan fingerprint density at radius 1 is 0.889 bits per heavy atom. The third-order valence-corrected chi connectivity index (χ3v) is 11.9. The molecule has 6 rings (SSSR count). The molecule has 0 radical (unpaired) electrons. The molecule has 0 aromatic rings. The standard InChI is InChI=1S/C31H47NO4/c1-17-6-9-29-18(2)22-7-8-23-24(26(22)16-32(29)15-17)13-27-25(23)14-30(36-20(4)34)28-12-21(35-19(3)33)10-11-31(27,28)5/h17-18,21-24,26,28-30H,6-16H2,1-5H3/t17-,18-,21-,22?,23?,24?,26?,28?,29?,30-,31-/m1/s1. The number of rotatable bonds is 2. The number of esters is 2. The van der Waals surface area contributed by atoms with Crippen LogP contribution in [-0.4, -0.2) is 48.2 Å². The van der Waals surface area contributed by atoms with Crippen molar-refractivity contribution in [2.45, 2.75) is 111 Å². The Morgan fingerprint density at radius 3 is 2.42 bits per heavy atom. The van der Waals surface area contributed by atoms with Gasteiger partial charge in [0.1, 0.15) is 12.2 Å². The maximum absolute atomic E-state index is 12.2. The van der Waals surface area contributed by atoms with Gasteiger partial charge in [-0.25, -0.2) is 0 Å². The van der Waals surface area contributed by atoms with Crippen LogP contribution in [0.2, 0.25) is 0 Å². The summed E-state index contributed by atoms with van der Waals surface area (Å²) in [6, 6.07) is 0.801. The topological polar surface area (TPSA) is 55.8 Å². The molecule has 0 aromatic heterocycles. The molecule has 0 spiro atoms. The molecule has 36 heavy (non-hydrogen) atoms. The summed E-state index contributed by atoms with van der Waals surface area (Å²) in [5, 5.41) is 0. The average molecular weight is 498 g/mol. The summed E-state index contributed by atoms with van der Waals surface area (Å²) in [5.41, 5.74) is 3.44. The Labute approximate surface area is 217 Å². The van der Waals surface area contributed by atoms with Gasteiger partial charge in [-0.3, -0.25) is 14.5 Å². The van der Waals surface area contributed by atoms with Crippen LogP contribution in [0.4, 0.5) is 0 Å². The predicted octanol–water partition coefficient (Wildman–Crippen LogP) is 5.77. The van der Waals surface area contributed by atoms with Crippen molar-refractivity contribution in [3.8, 4) is 0 Å². The lowest BCUT2D eigenvalue weighted by Crippen LogP contribution is -2.58. The van der Waals surface area contributed by atoms with E-state index in [0.29, 0.717) is 5.92 Å². The molecule has 5 heteroatoms. The van der Waals surface area contributed by atoms with Gasteiger partial charge >= 0.3 is 11.9 Å². The minimum atomic E-state index is -0.196. The quantitative estimate of drug-likeness (QED) is 0.358. The number of fused-ring (bicyclic) bond motifs is 7. The molecule has 2 saturated carbocycles. The monoisotopic (exact) mass is 497 g/mol. The van der Waals surface area contributed by atoms with E-state index in [0.717, 1.165) is 61.3 Å². The summed E-state index contributed by atoms with van der Waals surface area (Å²) < 4.78 is 11.7. The molecule has 6 unspecified atom stereocenters. The largest absolute Gasteiger partial charge is 0.463 e. The Hall–Kier alpha value is -1.36. The normalized spacial score (nSPS) is 48.1. The van der Waals surface area contributed by atoms with E-state index < -0.39 is 0 Å². The maximum Gasteiger partial charge on any atom is 0.302 e. The second-order valence-electron chi connectivity index (χ2n) is 13.8. The number of ether oxygens (including phenoxy) is 2. The summed E-state index contributed by atoms with van der Waals surface area (Å²) in [5.74, 6) is 4.62. The zero-order chi connectivity index (χ0) is 25.4. The zero-order valence-corrected chi connectivity index (χ0v) is 23.1. The van der Waals surface area contributed by atoms with Gasteiger partial charge in [-0.2, -0.15) is 0 Å². The van der Waals surface area contributed by atoms with Crippen LogP contribution in [0.1, 0.15) is 92.4 Å². The van der Waals surface area contributed by atoms with Crippen LogP contribution in [0.25, 0.3) is 0 Å². The molecular weight excluding hydrogens is 450 g/mol. The van der Waals surface area contributed by atoms with Gasteiger partial charge in [-0.15, -0.1) is 0 Å². The molecule has 6 aliphatic rings. The molecule has 5 nitrogen and oxygen atoms in total. The summed E-state index contributed by atoms with van der Waals surface area (Å²) >= 11 is 0. The van der Waals surface area contributed by atoms with Crippen molar-refractivity contribution in [2.24, 2.45) is 46.8 Å². The highest BCUT2D eigenvalue weighted by Crippen LogP contribution is 2.64. The van der Waals surface area contributed by atoms with Gasteiger partial charge < -0.3 is 9.47 Å². The highest BCUT2D eigenvalue weighted by atomic mass is 16.5. The number of hydrogen-bond acceptors (Lipinski definition) is 5. The molecule has 200 valence electrons. The third kappa shape index (κ3) is 3.98. The minimum absolute atomic E-state index is 0.0499. The van der Waals surface area contributed by atoms with E-state index in [1.807, 2.05) is 0 Å². The van der Waals surface area contributed by atoms with Crippen LogP contribution in [0.3, 0.4) is 0 Å². The fraction of sp³-hybridized carbons (Fsp3) is 0.871. The number of piperidine rings is 2. The van der Waals surface area contributed by atoms with Crippen molar-refractivity contribution in [1.82, 2.24) is 4.90 Å². The average Bonchev–Trinajstić information content (AvgIpc) is 3.19. The van der Waals surface area contributed by atoms with E-state index in [4.69, 9.17) is 9.47 Å². The second kappa shape index (κ2) is 9.13. The Morgan fingerprint density at radius 2 is 1.67 bits per heavy atom. The van der Waals surface area contributed by atoms with Crippen molar-refractivity contribution < 1.29 is 19.1 Å². The van der Waals surface area contributed by atoms with Gasteiger partial charge in [0.15, 0.2) is 0 Å². The summed E-state index contributed by atoms with van der Waals surface area (Å²) in [6.07, 6.45) is 10.3. The molecule has 2 aliphatic heterocycles. The first-order chi connectivity index (χ1) is 17.2. The van der Waals surface area contributed by atoms with E-state index in [1.165, 1.54) is 52.1 Å². The van der Waals surface area contributed by atoms with Crippen LogP contribution < -0.4 is 0 Å². The maximum atomic E-state index is 12.2. The van der Waals surface area contributed by atoms with Gasteiger partial charge in [-0.05, 0) is 92.3 Å². The fourth-order valence-corrected chi connectivity index (χ4v) is 10.4. The second-order valence-corrected chi connectivity index (χ2v) is 13.8. The van der Waals surface area contributed by atoms with Crippen molar-refractivity contribution >= 4 is 11.9 Å². The molecular formula is C31H47NO4. The van der Waals surface area contributed by atoms with Gasteiger partial charge in [0, 0.05) is 45.3 Å². The van der Waals surface area contributed by atoms with Crippen molar-refractivity contribution in [3.63, 3.8) is 0 Å². The van der Waals surface area contributed by atoms with E-state index in [2.05, 4.69) is 25.7 Å². The number of allylic oxidation sites excluding steroid dienone is 1. The number of carbonyl (C=O) groups is 2. The Bertz CT molecular complexity index is 941. The highest BCUT2D eigenvalue weighted by Gasteiger charge is 2.59. The number of hydrogen-bond donors (Lipinski definition) is 0. The first kappa shape index (κ1) is 24.9. The Kier molecular flexibility index (Phi) is 6.33. The highest BCUT2D eigenvalue weighted by molar-refractivity contribution is 5.66. The summed E-state index contributed by atoms with van der Waals surface area (Å²) in [7, 11) is 0. The van der Waals surface area contributed by atoms with E-state index >= 15 is 0 Å². The fourth-order valence-electron chi connectivity index (χ4n) is 10.4. The molecule has 11 atom stereocenters. The van der Waals surface area contributed by atoms with E-state index in [-0.39, 0.29) is 35.5 Å². The van der Waals surface area contributed by atoms with Crippen LogP contribution in [0, 0.1) is 46.8 Å². The summed E-state index contributed by atoms with van der Waals surface area (Å²) in [6.45, 7) is 13.1. The van der Waals surface area contributed by atoms with Crippen LogP contribution in [0.15, 0.2) is 11.1 Å². The predicted molar refractivity (Wildman–Crippen MR) is 139 cm³/mol. The lowest BCUT2D eigenvalue weighted by Gasteiger charge is -2.56. The van der Waals surface area contributed by atoms with Crippen molar-refractivity contribution in [1.29, 1.82) is 0 Å². The van der Waals surface area contributed by atoms with Crippen LogP contribution in [0.5, 0.6) is 0 Å². The zero-order valence-electron chi connectivity index (χ0n) is 23.1. The minimum Gasteiger partial charge on any atom is -0.463 e. The Balaban J connectivity index is 1.28. The molecule has 2 saturated heterocycles. The van der Waals surface area contributed by atoms with Crippen LogP contribution >= 0.6 is 0 Å². The van der Waals surface area contributed by atoms with Gasteiger partial charge in [-0.1, -0.05) is 31.9 Å². The first-order valence-electron chi connectivity index (χ1n) is 15.0. The molecule has 4 aliphatic carbocycles. The van der Waals surface area contributed by atoms with Gasteiger partial charge in [0.05, 0.1) is 0 Å². The molecule has 2 heterocycles. The molecule has 0 aromatic carbocycles. The van der Waals surface area contributed by atoms with Gasteiger partial charge in [0.25, 0.3) is 0 Å². The molecule has 4 fully saturated rings. The molecule has 0 bridgehead atoms. The summed E-state index contributed by atoms with van der Waals surface area (Å²) in [4.78, 5) is 26.8. The van der Waals surface area contributed by atoms with E-state index in [9.17, 15) is 9.59 Å².